The average Bonchev–Trinajstić information content (AvgIpc) is 2.61. The SMILES string of the molecule is CCCc1nc(CC2CCCNC2)[nH]c1C. The molecular weight excluding hydrogens is 198 g/mol. The van der Waals surface area contributed by atoms with E-state index in [1.54, 1.807) is 0 Å². The molecule has 1 aliphatic heterocycles. The third-order valence-corrected chi connectivity index (χ3v) is 3.40. The van der Waals surface area contributed by atoms with Crippen LogP contribution in [0.2, 0.25) is 0 Å². The lowest BCUT2D eigenvalue weighted by Gasteiger charge is -2.21. The van der Waals surface area contributed by atoms with E-state index >= 15 is 0 Å². The molecule has 3 heteroatoms. The number of aromatic amines is 1. The number of imidazole rings is 1. The van der Waals surface area contributed by atoms with E-state index in [0.29, 0.717) is 0 Å². The first-order valence-electron chi connectivity index (χ1n) is 6.54. The van der Waals surface area contributed by atoms with E-state index < -0.39 is 0 Å². The van der Waals surface area contributed by atoms with Crippen LogP contribution >= 0.6 is 0 Å². The second-order valence-corrected chi connectivity index (χ2v) is 4.92. The van der Waals surface area contributed by atoms with Crippen molar-refractivity contribution in [1.29, 1.82) is 0 Å². The minimum atomic E-state index is 0.772. The van der Waals surface area contributed by atoms with Crippen molar-refractivity contribution in [2.45, 2.75) is 46.0 Å². The Labute approximate surface area is 98.1 Å². The summed E-state index contributed by atoms with van der Waals surface area (Å²) in [5.74, 6) is 1.96. The molecule has 1 aromatic rings. The van der Waals surface area contributed by atoms with Gasteiger partial charge in [0.25, 0.3) is 0 Å². The summed E-state index contributed by atoms with van der Waals surface area (Å²) >= 11 is 0. The standard InChI is InChI=1S/C13H23N3/c1-3-5-12-10(2)15-13(16-12)8-11-6-4-7-14-9-11/h11,14H,3-9H2,1-2H3,(H,15,16). The fraction of sp³-hybridized carbons (Fsp3) is 0.769. The number of aromatic nitrogens is 2. The second kappa shape index (κ2) is 5.48. The number of piperidine rings is 1. The summed E-state index contributed by atoms with van der Waals surface area (Å²) in [5, 5.41) is 3.46. The molecule has 2 heterocycles. The molecule has 1 fully saturated rings. The first-order valence-corrected chi connectivity index (χ1v) is 6.54. The predicted molar refractivity (Wildman–Crippen MR) is 66.6 cm³/mol. The molecule has 16 heavy (non-hydrogen) atoms. The topological polar surface area (TPSA) is 40.7 Å². The van der Waals surface area contributed by atoms with Gasteiger partial charge in [-0.05, 0) is 45.2 Å². The number of hydrogen-bond acceptors (Lipinski definition) is 2. The predicted octanol–water partition coefficient (Wildman–Crippen LogP) is 2.21. The molecule has 0 saturated carbocycles. The number of nitrogens with zero attached hydrogens (tertiary/aromatic N) is 1. The van der Waals surface area contributed by atoms with Crippen molar-refractivity contribution in [3.8, 4) is 0 Å². The van der Waals surface area contributed by atoms with Gasteiger partial charge in [0.05, 0.1) is 5.69 Å². The summed E-state index contributed by atoms with van der Waals surface area (Å²) < 4.78 is 0. The molecule has 1 unspecified atom stereocenters. The molecule has 2 N–H and O–H groups in total. The molecular formula is C13H23N3. The molecule has 1 saturated heterocycles. The zero-order valence-electron chi connectivity index (χ0n) is 10.5. The van der Waals surface area contributed by atoms with Gasteiger partial charge in [-0.1, -0.05) is 13.3 Å². The smallest absolute Gasteiger partial charge is 0.106 e. The molecule has 0 amide bonds. The largest absolute Gasteiger partial charge is 0.346 e. The van der Waals surface area contributed by atoms with Crippen LogP contribution in [0.25, 0.3) is 0 Å². The lowest BCUT2D eigenvalue weighted by Crippen LogP contribution is -2.31. The first kappa shape index (κ1) is 11.6. The third kappa shape index (κ3) is 2.85. The maximum Gasteiger partial charge on any atom is 0.106 e. The Bertz CT molecular complexity index is 324. The molecule has 90 valence electrons. The average molecular weight is 221 g/mol. The zero-order valence-corrected chi connectivity index (χ0v) is 10.5. The maximum atomic E-state index is 4.71. The number of hydrogen-bond donors (Lipinski definition) is 2. The monoisotopic (exact) mass is 221 g/mol. The molecule has 3 nitrogen and oxygen atoms in total. The molecule has 0 aromatic carbocycles. The first-order chi connectivity index (χ1) is 7.79. The summed E-state index contributed by atoms with van der Waals surface area (Å²) in [7, 11) is 0. The highest BCUT2D eigenvalue weighted by atomic mass is 14.9. The van der Waals surface area contributed by atoms with Crippen LogP contribution < -0.4 is 5.32 Å². The number of H-pyrrole nitrogens is 1. The summed E-state index contributed by atoms with van der Waals surface area (Å²) in [6, 6.07) is 0. The van der Waals surface area contributed by atoms with E-state index in [2.05, 4.69) is 24.1 Å². The number of aryl methyl sites for hydroxylation is 2. The van der Waals surface area contributed by atoms with E-state index in [-0.39, 0.29) is 0 Å². The Morgan fingerprint density at radius 3 is 3.00 bits per heavy atom. The molecule has 2 rings (SSSR count). The fourth-order valence-electron chi connectivity index (χ4n) is 2.51. The van der Waals surface area contributed by atoms with Gasteiger partial charge >= 0.3 is 0 Å². The van der Waals surface area contributed by atoms with Gasteiger partial charge in [0, 0.05) is 12.1 Å². The van der Waals surface area contributed by atoms with Gasteiger partial charge in [-0.2, -0.15) is 0 Å². The van der Waals surface area contributed by atoms with Crippen molar-refractivity contribution < 1.29 is 0 Å². The van der Waals surface area contributed by atoms with E-state index in [1.165, 1.54) is 43.0 Å². The quantitative estimate of drug-likeness (QED) is 0.818. The zero-order chi connectivity index (χ0) is 11.4. The van der Waals surface area contributed by atoms with Crippen molar-refractivity contribution in [2.75, 3.05) is 13.1 Å². The summed E-state index contributed by atoms with van der Waals surface area (Å²) in [6.07, 6.45) is 6.04. The van der Waals surface area contributed by atoms with E-state index in [0.717, 1.165) is 25.3 Å². The Balaban J connectivity index is 1.95. The maximum absolute atomic E-state index is 4.71. The molecule has 0 spiro atoms. The van der Waals surface area contributed by atoms with Crippen LogP contribution in [0.15, 0.2) is 0 Å². The number of rotatable bonds is 4. The van der Waals surface area contributed by atoms with Gasteiger partial charge in [-0.25, -0.2) is 4.98 Å². The van der Waals surface area contributed by atoms with Crippen LogP contribution in [0.1, 0.15) is 43.4 Å². The number of nitrogens with one attached hydrogen (secondary N) is 2. The Morgan fingerprint density at radius 2 is 2.31 bits per heavy atom. The van der Waals surface area contributed by atoms with Crippen LogP contribution in [0, 0.1) is 12.8 Å². The molecule has 0 bridgehead atoms. The van der Waals surface area contributed by atoms with Crippen LogP contribution in [-0.2, 0) is 12.8 Å². The Morgan fingerprint density at radius 1 is 1.44 bits per heavy atom. The van der Waals surface area contributed by atoms with Gasteiger partial charge in [0.1, 0.15) is 5.82 Å². The van der Waals surface area contributed by atoms with Crippen LogP contribution in [-0.4, -0.2) is 23.1 Å². The van der Waals surface area contributed by atoms with Crippen molar-refractivity contribution in [3.63, 3.8) is 0 Å². The summed E-state index contributed by atoms with van der Waals surface area (Å²) in [4.78, 5) is 8.15. The third-order valence-electron chi connectivity index (χ3n) is 3.40. The highest BCUT2D eigenvalue weighted by Crippen LogP contribution is 2.16. The van der Waals surface area contributed by atoms with Crippen molar-refractivity contribution in [3.05, 3.63) is 17.2 Å². The molecule has 1 aromatic heterocycles. The van der Waals surface area contributed by atoms with Gasteiger partial charge in [0.2, 0.25) is 0 Å². The van der Waals surface area contributed by atoms with E-state index in [4.69, 9.17) is 4.98 Å². The van der Waals surface area contributed by atoms with E-state index in [1.807, 2.05) is 0 Å². The Kier molecular flexibility index (Phi) is 3.99. The van der Waals surface area contributed by atoms with Gasteiger partial charge in [0.15, 0.2) is 0 Å². The highest BCUT2D eigenvalue weighted by molar-refractivity contribution is 5.13. The van der Waals surface area contributed by atoms with Crippen molar-refractivity contribution in [2.24, 2.45) is 5.92 Å². The second-order valence-electron chi connectivity index (χ2n) is 4.92. The molecule has 1 atom stereocenters. The normalized spacial score (nSPS) is 21.2. The molecule has 1 aliphatic rings. The van der Waals surface area contributed by atoms with Gasteiger partial charge in [-0.3, -0.25) is 0 Å². The van der Waals surface area contributed by atoms with E-state index in [9.17, 15) is 0 Å². The fourth-order valence-corrected chi connectivity index (χ4v) is 2.51. The van der Waals surface area contributed by atoms with Gasteiger partial charge < -0.3 is 10.3 Å². The lowest BCUT2D eigenvalue weighted by atomic mass is 9.96. The minimum Gasteiger partial charge on any atom is -0.346 e. The Hall–Kier alpha value is -0.830. The summed E-state index contributed by atoms with van der Waals surface area (Å²) in [6.45, 7) is 6.69. The van der Waals surface area contributed by atoms with Crippen LogP contribution in [0.5, 0.6) is 0 Å². The van der Waals surface area contributed by atoms with Crippen LogP contribution in [0.3, 0.4) is 0 Å². The van der Waals surface area contributed by atoms with Crippen LogP contribution in [0.4, 0.5) is 0 Å². The molecule has 0 radical (unpaired) electrons. The lowest BCUT2D eigenvalue weighted by molar-refractivity contribution is 0.371. The molecule has 0 aliphatic carbocycles. The van der Waals surface area contributed by atoms with Crippen molar-refractivity contribution >= 4 is 0 Å². The van der Waals surface area contributed by atoms with Gasteiger partial charge in [-0.15, -0.1) is 0 Å². The summed E-state index contributed by atoms with van der Waals surface area (Å²) in [5.41, 5.74) is 2.53. The highest BCUT2D eigenvalue weighted by Gasteiger charge is 2.15. The van der Waals surface area contributed by atoms with Crippen molar-refractivity contribution in [1.82, 2.24) is 15.3 Å². The minimum absolute atomic E-state index is 0.772.